The van der Waals surface area contributed by atoms with E-state index in [4.69, 9.17) is 31.5 Å². The maximum Gasteiger partial charge on any atom is 0.264 e. The smallest absolute Gasteiger partial charge is 0.264 e. The number of fused-ring (bicyclic) bond motifs is 2. The second-order valence-corrected chi connectivity index (χ2v) is 17.8. The Hall–Kier alpha value is -6.03. The molecule has 4 aliphatic heterocycles. The van der Waals surface area contributed by atoms with Gasteiger partial charge in [-0.25, -0.2) is 9.97 Å². The summed E-state index contributed by atoms with van der Waals surface area (Å²) in [6.07, 6.45) is 5.41. The zero-order valence-electron chi connectivity index (χ0n) is 37.9. The summed E-state index contributed by atoms with van der Waals surface area (Å²) < 4.78 is 16.9. The quantitative estimate of drug-likeness (QED) is 0.0594. The summed E-state index contributed by atoms with van der Waals surface area (Å²) in [7, 11) is 0. The van der Waals surface area contributed by atoms with Crippen LogP contribution in [0.1, 0.15) is 70.8 Å². The lowest BCUT2D eigenvalue weighted by molar-refractivity contribution is -0.136. The number of amides is 6. The van der Waals surface area contributed by atoms with E-state index in [2.05, 4.69) is 40.7 Å². The number of nitrogens with zero attached hydrogens (tertiary/aromatic N) is 6. The fourth-order valence-electron chi connectivity index (χ4n) is 9.09. The molecule has 0 bridgehead atoms. The zero-order chi connectivity index (χ0) is 47.6. The number of nitrogens with two attached hydrogens (primary N) is 1. The van der Waals surface area contributed by atoms with Crippen molar-refractivity contribution in [2.24, 2.45) is 5.73 Å². The molecule has 20 nitrogen and oxygen atoms in total. The van der Waals surface area contributed by atoms with Gasteiger partial charge in [0.15, 0.2) is 0 Å². The van der Waals surface area contributed by atoms with Crippen molar-refractivity contribution in [2.45, 2.75) is 56.1 Å². The highest BCUT2D eigenvalue weighted by atomic mass is 35.5. The van der Waals surface area contributed by atoms with E-state index in [1.165, 1.54) is 0 Å². The number of hydrogen-bond donors (Lipinski definition) is 5. The normalized spacial score (nSPS) is 19.0. The number of piperazine rings is 1. The van der Waals surface area contributed by atoms with E-state index in [0.29, 0.717) is 109 Å². The first-order valence-electron chi connectivity index (χ1n) is 23.2. The Balaban J connectivity index is 0.677. The predicted octanol–water partition coefficient (Wildman–Crippen LogP) is 2.25. The van der Waals surface area contributed by atoms with E-state index in [1.54, 1.807) is 24.5 Å². The number of imide groups is 2. The number of halogens is 1. The second kappa shape index (κ2) is 22.4. The van der Waals surface area contributed by atoms with E-state index < -0.39 is 35.2 Å². The van der Waals surface area contributed by atoms with Crippen LogP contribution in [0, 0.1) is 0 Å². The average Bonchev–Trinajstić information content (AvgIpc) is 3.93. The lowest BCUT2D eigenvalue weighted by Crippen LogP contribution is -2.60. The minimum absolute atomic E-state index is 0.0402. The summed E-state index contributed by atoms with van der Waals surface area (Å²) in [5.41, 5.74) is 8.37. The average molecular weight is 957 g/mol. The lowest BCUT2D eigenvalue weighted by Gasteiger charge is -2.39. The second-order valence-electron chi connectivity index (χ2n) is 17.4. The van der Waals surface area contributed by atoms with E-state index in [1.807, 2.05) is 41.4 Å². The number of carbonyl (C=O) groups is 6. The predicted molar refractivity (Wildman–Crippen MR) is 251 cm³/mol. The number of carbonyl (C=O) groups excluding carboxylic acids is 6. The molecule has 4 aliphatic rings. The van der Waals surface area contributed by atoms with Crippen LogP contribution in [0.2, 0.25) is 5.02 Å². The molecule has 8 rings (SSSR count). The molecule has 0 radical (unpaired) electrons. The highest BCUT2D eigenvalue weighted by Gasteiger charge is 2.46. The molecule has 0 aliphatic carbocycles. The monoisotopic (exact) mass is 955 g/mol. The number of rotatable bonds is 21. The van der Waals surface area contributed by atoms with Crippen LogP contribution >= 0.6 is 11.6 Å². The van der Waals surface area contributed by atoms with Gasteiger partial charge in [0.05, 0.1) is 74.2 Å². The van der Waals surface area contributed by atoms with Crippen LogP contribution < -0.4 is 26.6 Å². The molecular weight excluding hydrogens is 898 g/mol. The molecule has 3 fully saturated rings. The minimum Gasteiger partial charge on any atom is -0.382 e. The Morgan fingerprint density at radius 2 is 1.59 bits per heavy atom. The number of ether oxygens (including phenoxy) is 3. The van der Waals surface area contributed by atoms with Gasteiger partial charge in [0.1, 0.15) is 23.8 Å². The van der Waals surface area contributed by atoms with Crippen LogP contribution in [0.3, 0.4) is 0 Å². The van der Waals surface area contributed by atoms with Gasteiger partial charge in [-0.1, -0.05) is 29.8 Å². The summed E-state index contributed by atoms with van der Waals surface area (Å²) in [6.45, 7) is 6.83. The maximum atomic E-state index is 13.9. The molecule has 6 N–H and O–H groups in total. The molecule has 4 aromatic rings. The van der Waals surface area contributed by atoms with Crippen LogP contribution in [0.25, 0.3) is 11.0 Å². The van der Waals surface area contributed by atoms with Gasteiger partial charge in [-0.3, -0.25) is 43.9 Å². The van der Waals surface area contributed by atoms with Crippen molar-refractivity contribution in [2.75, 3.05) is 102 Å². The van der Waals surface area contributed by atoms with Gasteiger partial charge in [0.2, 0.25) is 23.6 Å². The molecule has 6 amide bonds. The number of anilines is 2. The van der Waals surface area contributed by atoms with E-state index in [0.717, 1.165) is 33.9 Å². The number of aromatic nitrogens is 3. The highest BCUT2D eigenvalue weighted by Crippen LogP contribution is 2.33. The van der Waals surface area contributed by atoms with Crippen molar-refractivity contribution >= 4 is 69.6 Å². The Labute approximate surface area is 398 Å². The third-order valence-electron chi connectivity index (χ3n) is 13.0. The Bertz CT molecular complexity index is 2460. The SMILES string of the molecule is NC1(C(=O)NC(CCN2CCN(C(=O)CCOCCOCCOCCNc3cccc4c3C(=O)N(C3CCC(=O)NC3=O)C4=O)CC2)c2ccc(Cl)cc2)CCN(c2ncnc3[nH]ccc23)CC1. The highest BCUT2D eigenvalue weighted by molar-refractivity contribution is 6.30. The molecule has 2 unspecified atom stereocenters. The largest absolute Gasteiger partial charge is 0.382 e. The first-order chi connectivity index (χ1) is 33.0. The van der Waals surface area contributed by atoms with Gasteiger partial charge in [0, 0.05) is 75.7 Å². The summed E-state index contributed by atoms with van der Waals surface area (Å²) in [6, 6.07) is 13.1. The van der Waals surface area contributed by atoms with E-state index in [-0.39, 0.29) is 54.9 Å². The zero-order valence-corrected chi connectivity index (χ0v) is 38.6. The molecule has 2 aromatic heterocycles. The van der Waals surface area contributed by atoms with Crippen LogP contribution in [-0.2, 0) is 33.4 Å². The Kier molecular flexibility index (Phi) is 15.9. The van der Waals surface area contributed by atoms with Crippen LogP contribution in [0.15, 0.2) is 61.1 Å². The molecule has 2 aromatic carbocycles. The first kappa shape index (κ1) is 48.4. The summed E-state index contributed by atoms with van der Waals surface area (Å²) in [5, 5.41) is 10.2. The topological polar surface area (TPSA) is 247 Å². The summed E-state index contributed by atoms with van der Waals surface area (Å²) >= 11 is 6.22. The van der Waals surface area contributed by atoms with Gasteiger partial charge in [-0.15, -0.1) is 0 Å². The summed E-state index contributed by atoms with van der Waals surface area (Å²) in [4.78, 5) is 96.4. The number of hydrogen-bond acceptors (Lipinski definition) is 15. The number of benzene rings is 2. The van der Waals surface area contributed by atoms with Crippen LogP contribution in [0.5, 0.6) is 0 Å². The third-order valence-corrected chi connectivity index (χ3v) is 13.3. The molecule has 2 atom stereocenters. The summed E-state index contributed by atoms with van der Waals surface area (Å²) in [5.74, 6) is -1.52. The van der Waals surface area contributed by atoms with Crippen molar-refractivity contribution in [3.63, 3.8) is 0 Å². The molecule has 0 spiro atoms. The number of aromatic amines is 1. The van der Waals surface area contributed by atoms with Crippen molar-refractivity contribution in [1.29, 1.82) is 0 Å². The standard InChI is InChI=1S/C47H58ClN11O9/c48-32-6-4-31(5-7-32)35(54-46(65)47(49)13-18-58(19-14-47)42-34-10-15-51-41(34)52-30-53-42)11-17-56-20-22-57(23-21-56)39(61)12-24-66-26-28-68-29-27-67-25-16-50-36-3-1-2-33-40(36)45(64)59(44(33)63)37-8-9-38(60)55-43(37)62/h1-7,10,15,30,35,37,50H,8-9,11-14,16-29,49H2,(H,54,65)(H,51,52,53)(H,55,60,62). The minimum atomic E-state index is -1.03. The van der Waals surface area contributed by atoms with Crippen molar-refractivity contribution in [1.82, 2.24) is 40.3 Å². The maximum absolute atomic E-state index is 13.9. The third kappa shape index (κ3) is 11.4. The van der Waals surface area contributed by atoms with Crippen molar-refractivity contribution < 1.29 is 43.0 Å². The lowest BCUT2D eigenvalue weighted by atomic mass is 9.87. The van der Waals surface area contributed by atoms with Gasteiger partial charge < -0.3 is 45.4 Å². The van der Waals surface area contributed by atoms with Crippen LogP contribution in [-0.4, -0.2) is 169 Å². The molecule has 362 valence electrons. The number of piperidine rings is 2. The van der Waals surface area contributed by atoms with Crippen molar-refractivity contribution in [3.8, 4) is 0 Å². The van der Waals surface area contributed by atoms with Gasteiger partial charge in [-0.05, 0) is 61.6 Å². The number of nitrogens with one attached hydrogen (secondary N) is 4. The van der Waals surface area contributed by atoms with Gasteiger partial charge in [0.25, 0.3) is 11.8 Å². The Morgan fingerprint density at radius 1 is 0.868 bits per heavy atom. The fraction of sp³-hybridized carbons (Fsp3) is 0.489. The fourth-order valence-corrected chi connectivity index (χ4v) is 9.21. The molecular formula is C47H58ClN11O9. The van der Waals surface area contributed by atoms with E-state index in [9.17, 15) is 28.8 Å². The molecule has 68 heavy (non-hydrogen) atoms. The Morgan fingerprint density at radius 3 is 2.32 bits per heavy atom. The van der Waals surface area contributed by atoms with Gasteiger partial charge >= 0.3 is 0 Å². The molecule has 21 heteroatoms. The molecule has 0 saturated carbocycles. The molecule has 3 saturated heterocycles. The number of H-pyrrole nitrogens is 1. The van der Waals surface area contributed by atoms with Gasteiger partial charge in [-0.2, -0.15) is 0 Å². The molecule has 6 heterocycles. The van der Waals surface area contributed by atoms with Crippen molar-refractivity contribution in [3.05, 3.63) is 82.8 Å². The first-order valence-corrected chi connectivity index (χ1v) is 23.6. The van der Waals surface area contributed by atoms with Crippen LogP contribution in [0.4, 0.5) is 11.5 Å². The van der Waals surface area contributed by atoms with E-state index >= 15 is 0 Å².